The lowest BCUT2D eigenvalue weighted by Crippen LogP contribution is -1.89. The van der Waals surface area contributed by atoms with E-state index in [0.29, 0.717) is 10.7 Å². The second-order valence-electron chi connectivity index (χ2n) is 2.63. The molecule has 0 bridgehead atoms. The summed E-state index contributed by atoms with van der Waals surface area (Å²) in [4.78, 5) is 11.9. The van der Waals surface area contributed by atoms with Crippen molar-refractivity contribution in [3.8, 4) is 0 Å². The third-order valence-electron chi connectivity index (χ3n) is 1.65. The van der Waals surface area contributed by atoms with Gasteiger partial charge in [-0.1, -0.05) is 11.6 Å². The van der Waals surface area contributed by atoms with Gasteiger partial charge in [0.25, 0.3) is 0 Å². The summed E-state index contributed by atoms with van der Waals surface area (Å²) in [7, 11) is 0. The summed E-state index contributed by atoms with van der Waals surface area (Å²) in [5, 5.41) is 1.28. The Kier molecular flexibility index (Phi) is 2.06. The first-order chi connectivity index (χ1) is 6.16. The molecular weight excluding hydrogens is 209 g/mol. The van der Waals surface area contributed by atoms with E-state index in [9.17, 15) is 0 Å². The van der Waals surface area contributed by atoms with Crippen LogP contribution in [0.1, 0.15) is 5.69 Å². The predicted octanol–water partition coefficient (Wildman–Crippen LogP) is 2.64. The summed E-state index contributed by atoms with van der Waals surface area (Å²) in [6.45, 7) is 1.88. The SMILES string of the molecule is Cc1cc2c(Cl)nc(Cl)nc2cn1. The van der Waals surface area contributed by atoms with Crippen LogP contribution < -0.4 is 0 Å². The Balaban J connectivity index is 2.87. The predicted molar refractivity (Wildman–Crippen MR) is 52.1 cm³/mol. The molecule has 3 nitrogen and oxygen atoms in total. The van der Waals surface area contributed by atoms with Gasteiger partial charge in [0, 0.05) is 11.1 Å². The molecule has 2 heterocycles. The van der Waals surface area contributed by atoms with Crippen molar-refractivity contribution in [2.75, 3.05) is 0 Å². The normalized spacial score (nSPS) is 10.7. The van der Waals surface area contributed by atoms with Crippen LogP contribution in [-0.2, 0) is 0 Å². The minimum absolute atomic E-state index is 0.142. The van der Waals surface area contributed by atoms with E-state index < -0.39 is 0 Å². The van der Waals surface area contributed by atoms with Gasteiger partial charge >= 0.3 is 0 Å². The van der Waals surface area contributed by atoms with E-state index in [0.717, 1.165) is 11.1 Å². The highest BCUT2D eigenvalue weighted by Gasteiger charge is 2.04. The van der Waals surface area contributed by atoms with E-state index in [2.05, 4.69) is 15.0 Å². The van der Waals surface area contributed by atoms with E-state index in [4.69, 9.17) is 23.2 Å². The van der Waals surface area contributed by atoms with Gasteiger partial charge in [0.05, 0.1) is 11.7 Å². The topological polar surface area (TPSA) is 38.7 Å². The van der Waals surface area contributed by atoms with Gasteiger partial charge in [0.1, 0.15) is 5.15 Å². The Morgan fingerprint density at radius 1 is 1.23 bits per heavy atom. The van der Waals surface area contributed by atoms with Crippen LogP contribution in [0.4, 0.5) is 0 Å². The summed E-state index contributed by atoms with van der Waals surface area (Å²) in [5.74, 6) is 0. The van der Waals surface area contributed by atoms with Crippen LogP contribution in [0.5, 0.6) is 0 Å². The lowest BCUT2D eigenvalue weighted by molar-refractivity contribution is 1.17. The zero-order chi connectivity index (χ0) is 9.42. The highest BCUT2D eigenvalue weighted by molar-refractivity contribution is 6.35. The number of hydrogen-bond donors (Lipinski definition) is 0. The van der Waals surface area contributed by atoms with Crippen LogP contribution in [0.2, 0.25) is 10.4 Å². The maximum Gasteiger partial charge on any atom is 0.224 e. The minimum Gasteiger partial charge on any atom is -0.259 e. The fourth-order valence-electron chi connectivity index (χ4n) is 1.07. The van der Waals surface area contributed by atoms with E-state index in [1.165, 1.54) is 0 Å². The van der Waals surface area contributed by atoms with E-state index in [-0.39, 0.29) is 5.28 Å². The molecule has 0 N–H and O–H groups in total. The first-order valence-corrected chi connectivity index (χ1v) is 4.38. The Bertz CT molecular complexity index is 470. The van der Waals surface area contributed by atoms with E-state index in [1.807, 2.05) is 13.0 Å². The van der Waals surface area contributed by atoms with Crippen LogP contribution in [-0.4, -0.2) is 15.0 Å². The van der Waals surface area contributed by atoms with Gasteiger partial charge in [-0.2, -0.15) is 0 Å². The summed E-state index contributed by atoms with van der Waals surface area (Å²) < 4.78 is 0. The van der Waals surface area contributed by atoms with Crippen LogP contribution in [0.15, 0.2) is 12.3 Å². The molecule has 0 saturated heterocycles. The van der Waals surface area contributed by atoms with Crippen molar-refractivity contribution in [1.29, 1.82) is 0 Å². The molecule has 5 heteroatoms. The van der Waals surface area contributed by atoms with E-state index >= 15 is 0 Å². The zero-order valence-corrected chi connectivity index (χ0v) is 8.26. The van der Waals surface area contributed by atoms with Crippen molar-refractivity contribution in [2.45, 2.75) is 6.92 Å². The molecule has 2 rings (SSSR count). The highest BCUT2D eigenvalue weighted by atomic mass is 35.5. The molecule has 0 aromatic carbocycles. The molecule has 0 unspecified atom stereocenters. The summed E-state index contributed by atoms with van der Waals surface area (Å²) in [5.41, 5.74) is 1.54. The van der Waals surface area contributed by atoms with Crippen molar-refractivity contribution in [1.82, 2.24) is 15.0 Å². The van der Waals surface area contributed by atoms with E-state index in [1.54, 1.807) is 6.20 Å². The van der Waals surface area contributed by atoms with Gasteiger partial charge in [-0.05, 0) is 24.6 Å². The lowest BCUT2D eigenvalue weighted by atomic mass is 10.3. The van der Waals surface area contributed by atoms with Gasteiger partial charge in [-0.15, -0.1) is 0 Å². The molecule has 0 fully saturated rings. The minimum atomic E-state index is 0.142. The zero-order valence-electron chi connectivity index (χ0n) is 6.75. The Morgan fingerprint density at radius 2 is 2.00 bits per heavy atom. The number of fused-ring (bicyclic) bond motifs is 1. The van der Waals surface area contributed by atoms with Crippen LogP contribution in [0.3, 0.4) is 0 Å². The largest absolute Gasteiger partial charge is 0.259 e. The van der Waals surface area contributed by atoms with Crippen LogP contribution in [0, 0.1) is 6.92 Å². The maximum atomic E-state index is 5.87. The fourth-order valence-corrected chi connectivity index (χ4v) is 1.52. The molecule has 0 aliphatic carbocycles. The van der Waals surface area contributed by atoms with Crippen molar-refractivity contribution in [3.63, 3.8) is 0 Å². The first-order valence-electron chi connectivity index (χ1n) is 3.62. The van der Waals surface area contributed by atoms with Gasteiger partial charge < -0.3 is 0 Å². The van der Waals surface area contributed by atoms with Crippen molar-refractivity contribution >= 4 is 34.1 Å². The molecule has 0 aliphatic rings. The molecule has 0 saturated carbocycles. The van der Waals surface area contributed by atoms with Gasteiger partial charge in [-0.3, -0.25) is 4.98 Å². The first kappa shape index (κ1) is 8.66. The molecule has 2 aromatic heterocycles. The van der Waals surface area contributed by atoms with Crippen molar-refractivity contribution in [3.05, 3.63) is 28.4 Å². The molecule has 66 valence electrons. The Morgan fingerprint density at radius 3 is 2.77 bits per heavy atom. The molecule has 13 heavy (non-hydrogen) atoms. The molecule has 2 aromatic rings. The van der Waals surface area contributed by atoms with Crippen molar-refractivity contribution in [2.24, 2.45) is 0 Å². The molecule has 0 spiro atoms. The maximum absolute atomic E-state index is 5.87. The smallest absolute Gasteiger partial charge is 0.224 e. The third kappa shape index (κ3) is 1.57. The number of nitrogens with zero attached hydrogens (tertiary/aromatic N) is 3. The summed E-state index contributed by atoms with van der Waals surface area (Å²) in [6.07, 6.45) is 1.63. The number of halogens is 2. The second-order valence-corrected chi connectivity index (χ2v) is 3.32. The standard InChI is InChI=1S/C8H5Cl2N3/c1-4-2-5-6(3-11-4)12-8(10)13-7(5)9/h2-3H,1H3. The quantitative estimate of drug-likeness (QED) is 0.499. The number of pyridine rings is 1. The third-order valence-corrected chi connectivity index (χ3v) is 2.10. The average molecular weight is 214 g/mol. The molecular formula is C8H5Cl2N3. The number of aromatic nitrogens is 3. The molecule has 0 amide bonds. The van der Waals surface area contributed by atoms with Crippen LogP contribution >= 0.6 is 23.2 Å². The lowest BCUT2D eigenvalue weighted by Gasteiger charge is -1.99. The molecule has 0 radical (unpaired) electrons. The number of aryl methyl sites for hydroxylation is 1. The fraction of sp³-hybridized carbons (Fsp3) is 0.125. The monoisotopic (exact) mass is 213 g/mol. The Hall–Kier alpha value is -0.930. The van der Waals surface area contributed by atoms with Crippen LogP contribution in [0.25, 0.3) is 10.9 Å². The average Bonchev–Trinajstić information content (AvgIpc) is 2.06. The van der Waals surface area contributed by atoms with Crippen molar-refractivity contribution < 1.29 is 0 Å². The van der Waals surface area contributed by atoms with Gasteiger partial charge in [-0.25, -0.2) is 9.97 Å². The molecule has 0 aliphatic heterocycles. The number of hydrogen-bond acceptors (Lipinski definition) is 3. The van der Waals surface area contributed by atoms with Gasteiger partial charge in [0.2, 0.25) is 5.28 Å². The Labute approximate surface area is 84.7 Å². The molecule has 0 atom stereocenters. The summed E-state index contributed by atoms with van der Waals surface area (Å²) >= 11 is 11.5. The second kappa shape index (κ2) is 3.09. The number of rotatable bonds is 0. The van der Waals surface area contributed by atoms with Gasteiger partial charge in [0.15, 0.2) is 0 Å². The summed E-state index contributed by atoms with van der Waals surface area (Å²) in [6, 6.07) is 1.83. The highest BCUT2D eigenvalue weighted by Crippen LogP contribution is 2.21.